The van der Waals surface area contributed by atoms with Gasteiger partial charge in [0.1, 0.15) is 0 Å². The van der Waals surface area contributed by atoms with E-state index < -0.39 is 0 Å². The molecule has 0 spiro atoms. The molecule has 0 radical (unpaired) electrons. The van der Waals surface area contributed by atoms with E-state index in [0.29, 0.717) is 11.9 Å². The smallest absolute Gasteiger partial charge is 0.226 e. The maximum atomic E-state index is 12.5. The molecule has 0 saturated carbocycles. The number of carbonyl (C=O) groups excluding carboxylic acids is 1. The Morgan fingerprint density at radius 2 is 2.39 bits per heavy atom. The summed E-state index contributed by atoms with van der Waals surface area (Å²) in [4.78, 5) is 15.7. The molecule has 0 aliphatic carbocycles. The number of piperidine rings is 1. The lowest BCUT2D eigenvalue weighted by Gasteiger charge is -2.32. The first-order valence-electron chi connectivity index (χ1n) is 6.63. The second-order valence-electron chi connectivity index (χ2n) is 5.22. The van der Waals surface area contributed by atoms with E-state index in [-0.39, 0.29) is 12.0 Å². The fourth-order valence-electron chi connectivity index (χ4n) is 2.55. The Hall–Kier alpha value is -0.870. The second kappa shape index (κ2) is 5.85. The zero-order valence-electron chi connectivity index (χ0n) is 11.3. The van der Waals surface area contributed by atoms with Crippen LogP contribution in [0.1, 0.15) is 37.6 Å². The van der Waals surface area contributed by atoms with E-state index in [1.807, 2.05) is 18.0 Å². The van der Waals surface area contributed by atoms with Crippen molar-refractivity contribution in [3.05, 3.63) is 22.4 Å². The third-order valence-electron chi connectivity index (χ3n) is 3.86. The summed E-state index contributed by atoms with van der Waals surface area (Å²) in [6.07, 6.45) is 1.92. The molecule has 18 heavy (non-hydrogen) atoms. The molecule has 3 atom stereocenters. The van der Waals surface area contributed by atoms with E-state index in [0.717, 1.165) is 19.4 Å². The minimum absolute atomic E-state index is 0.183. The number of carbonyl (C=O) groups is 1. The number of thiophene rings is 1. The van der Waals surface area contributed by atoms with Gasteiger partial charge < -0.3 is 10.2 Å². The van der Waals surface area contributed by atoms with Crippen molar-refractivity contribution < 1.29 is 4.79 Å². The predicted molar refractivity (Wildman–Crippen MR) is 75.7 cm³/mol. The van der Waals surface area contributed by atoms with E-state index in [1.165, 1.54) is 4.88 Å². The van der Waals surface area contributed by atoms with Crippen molar-refractivity contribution >= 4 is 17.2 Å². The lowest BCUT2D eigenvalue weighted by Crippen LogP contribution is -2.43. The lowest BCUT2D eigenvalue weighted by atomic mass is 9.91. The highest BCUT2D eigenvalue weighted by Crippen LogP contribution is 2.27. The van der Waals surface area contributed by atoms with Gasteiger partial charge in [0.05, 0.1) is 6.04 Å². The maximum Gasteiger partial charge on any atom is 0.226 e. The van der Waals surface area contributed by atoms with Gasteiger partial charge >= 0.3 is 0 Å². The summed E-state index contributed by atoms with van der Waals surface area (Å²) in [7, 11) is 1.93. The first-order chi connectivity index (χ1) is 8.59. The van der Waals surface area contributed by atoms with Crippen LogP contribution in [-0.2, 0) is 4.79 Å². The first-order valence-corrected chi connectivity index (χ1v) is 7.51. The Kier molecular flexibility index (Phi) is 4.40. The van der Waals surface area contributed by atoms with Gasteiger partial charge in [0.2, 0.25) is 5.91 Å². The maximum absolute atomic E-state index is 12.5. The molecule has 3 unspecified atom stereocenters. The Balaban J connectivity index is 1.99. The van der Waals surface area contributed by atoms with Crippen LogP contribution in [0.3, 0.4) is 0 Å². The Morgan fingerprint density at radius 3 is 3.00 bits per heavy atom. The summed E-state index contributed by atoms with van der Waals surface area (Å²) in [6, 6.07) is 4.78. The molecule has 1 saturated heterocycles. The zero-order chi connectivity index (χ0) is 13.1. The van der Waals surface area contributed by atoms with Gasteiger partial charge in [-0.25, -0.2) is 0 Å². The third kappa shape index (κ3) is 2.93. The van der Waals surface area contributed by atoms with Crippen molar-refractivity contribution in [1.29, 1.82) is 0 Å². The van der Waals surface area contributed by atoms with Crippen LogP contribution in [0.2, 0.25) is 0 Å². The predicted octanol–water partition coefficient (Wildman–Crippen LogP) is 2.66. The highest BCUT2D eigenvalue weighted by Gasteiger charge is 2.29. The van der Waals surface area contributed by atoms with Crippen molar-refractivity contribution in [3.8, 4) is 0 Å². The standard InChI is InChI=1S/C14H22N2OS/c1-10-9-12(6-7-15-10)14(17)16(3)11(2)13-5-4-8-18-13/h4-5,8,10-12,15H,6-7,9H2,1-3H3. The molecule has 1 aromatic rings. The van der Waals surface area contributed by atoms with Crippen LogP contribution in [0.25, 0.3) is 0 Å². The zero-order valence-corrected chi connectivity index (χ0v) is 12.2. The number of rotatable bonds is 3. The Morgan fingerprint density at radius 1 is 1.61 bits per heavy atom. The molecule has 1 amide bonds. The van der Waals surface area contributed by atoms with Crippen molar-refractivity contribution in [2.45, 2.75) is 38.8 Å². The second-order valence-corrected chi connectivity index (χ2v) is 6.20. The van der Waals surface area contributed by atoms with E-state index in [4.69, 9.17) is 0 Å². The van der Waals surface area contributed by atoms with E-state index in [9.17, 15) is 4.79 Å². The largest absolute Gasteiger partial charge is 0.338 e. The summed E-state index contributed by atoms with van der Waals surface area (Å²) in [5.41, 5.74) is 0. The molecule has 0 bridgehead atoms. The highest BCUT2D eigenvalue weighted by molar-refractivity contribution is 7.10. The quantitative estimate of drug-likeness (QED) is 0.912. The van der Waals surface area contributed by atoms with Crippen LogP contribution in [-0.4, -0.2) is 30.4 Å². The average Bonchev–Trinajstić information content (AvgIpc) is 2.90. The van der Waals surface area contributed by atoms with Crippen LogP contribution in [0.4, 0.5) is 0 Å². The van der Waals surface area contributed by atoms with Gasteiger partial charge in [-0.2, -0.15) is 0 Å². The van der Waals surface area contributed by atoms with Crippen LogP contribution in [0.5, 0.6) is 0 Å². The van der Waals surface area contributed by atoms with Crippen LogP contribution < -0.4 is 5.32 Å². The topological polar surface area (TPSA) is 32.3 Å². The van der Waals surface area contributed by atoms with Crippen LogP contribution in [0.15, 0.2) is 17.5 Å². The van der Waals surface area contributed by atoms with Gasteiger partial charge in [0, 0.05) is 23.9 Å². The summed E-state index contributed by atoms with van der Waals surface area (Å²) < 4.78 is 0. The Labute approximate surface area is 113 Å². The number of hydrogen-bond acceptors (Lipinski definition) is 3. The molecule has 1 fully saturated rings. The molecule has 1 aliphatic rings. The SMILES string of the molecule is CC1CC(C(=O)N(C)C(C)c2cccs2)CCN1. The fraction of sp³-hybridized carbons (Fsp3) is 0.643. The van der Waals surface area contributed by atoms with Crippen molar-refractivity contribution in [1.82, 2.24) is 10.2 Å². The van der Waals surface area contributed by atoms with Crippen molar-refractivity contribution in [2.24, 2.45) is 5.92 Å². The van der Waals surface area contributed by atoms with E-state index in [1.54, 1.807) is 11.3 Å². The van der Waals surface area contributed by atoms with Gasteiger partial charge in [-0.15, -0.1) is 11.3 Å². The minimum atomic E-state index is 0.183. The van der Waals surface area contributed by atoms with Gasteiger partial charge in [-0.05, 0) is 44.7 Å². The first kappa shape index (κ1) is 13.6. The molecule has 2 rings (SSSR count). The molecular formula is C14H22N2OS. The van der Waals surface area contributed by atoms with Gasteiger partial charge in [0.25, 0.3) is 0 Å². The van der Waals surface area contributed by atoms with Crippen molar-refractivity contribution in [3.63, 3.8) is 0 Å². The average molecular weight is 266 g/mol. The molecule has 1 aromatic heterocycles. The summed E-state index contributed by atoms with van der Waals surface area (Å²) in [5.74, 6) is 0.484. The van der Waals surface area contributed by atoms with Crippen LogP contribution in [0, 0.1) is 5.92 Å². The lowest BCUT2D eigenvalue weighted by molar-refractivity contribution is -0.137. The Bertz CT molecular complexity index is 391. The number of nitrogens with one attached hydrogen (secondary N) is 1. The molecule has 0 aromatic carbocycles. The minimum Gasteiger partial charge on any atom is -0.338 e. The normalized spacial score (nSPS) is 25.7. The molecule has 100 valence electrons. The number of nitrogens with zero attached hydrogens (tertiary/aromatic N) is 1. The number of amides is 1. The molecule has 1 N–H and O–H groups in total. The monoisotopic (exact) mass is 266 g/mol. The third-order valence-corrected chi connectivity index (χ3v) is 4.90. The molecular weight excluding hydrogens is 244 g/mol. The highest BCUT2D eigenvalue weighted by atomic mass is 32.1. The summed E-state index contributed by atoms with van der Waals surface area (Å²) >= 11 is 1.72. The molecule has 2 heterocycles. The molecule has 3 nitrogen and oxygen atoms in total. The van der Waals surface area contributed by atoms with Crippen LogP contribution >= 0.6 is 11.3 Å². The molecule has 4 heteroatoms. The summed E-state index contributed by atoms with van der Waals surface area (Å²) in [5, 5.41) is 5.46. The summed E-state index contributed by atoms with van der Waals surface area (Å²) in [6.45, 7) is 5.22. The molecule has 1 aliphatic heterocycles. The van der Waals surface area contributed by atoms with E-state index >= 15 is 0 Å². The number of hydrogen-bond donors (Lipinski definition) is 1. The van der Waals surface area contributed by atoms with Crippen molar-refractivity contribution in [2.75, 3.05) is 13.6 Å². The fourth-order valence-corrected chi connectivity index (χ4v) is 3.38. The van der Waals surface area contributed by atoms with Gasteiger partial charge in [-0.1, -0.05) is 6.07 Å². The van der Waals surface area contributed by atoms with Gasteiger partial charge in [0.15, 0.2) is 0 Å². The van der Waals surface area contributed by atoms with E-state index in [2.05, 4.69) is 30.6 Å². The van der Waals surface area contributed by atoms with Gasteiger partial charge in [-0.3, -0.25) is 4.79 Å².